The van der Waals surface area contributed by atoms with Crippen molar-refractivity contribution in [1.29, 1.82) is 0 Å². The summed E-state index contributed by atoms with van der Waals surface area (Å²) in [5.41, 5.74) is 0.516. The molecule has 0 aliphatic carbocycles. The van der Waals surface area contributed by atoms with Crippen molar-refractivity contribution in [2.75, 3.05) is 7.05 Å². The minimum absolute atomic E-state index is 0.0392. The van der Waals surface area contributed by atoms with Gasteiger partial charge in [0.05, 0.1) is 27.0 Å². The predicted molar refractivity (Wildman–Crippen MR) is 92.8 cm³/mol. The molecule has 0 radical (unpaired) electrons. The highest BCUT2D eigenvalue weighted by molar-refractivity contribution is 6.42. The molecule has 4 rings (SSSR count). The predicted octanol–water partition coefficient (Wildman–Crippen LogP) is 4.41. The normalized spacial score (nSPS) is 16.6. The molecule has 1 atom stereocenters. The third kappa shape index (κ3) is 2.34. The van der Waals surface area contributed by atoms with Crippen LogP contribution in [0.25, 0.3) is 11.0 Å². The van der Waals surface area contributed by atoms with Crippen LogP contribution in [0.2, 0.25) is 10.0 Å². The van der Waals surface area contributed by atoms with Gasteiger partial charge in [0.25, 0.3) is 5.91 Å². The number of rotatable bonds is 1. The first-order valence-electron chi connectivity index (χ1n) is 7.37. The van der Waals surface area contributed by atoms with E-state index in [0.717, 1.165) is 6.07 Å². The number of hydrogen-bond acceptors (Lipinski definition) is 3. The van der Waals surface area contributed by atoms with E-state index in [9.17, 15) is 14.0 Å². The molecule has 3 aromatic rings. The molecule has 0 fully saturated rings. The fraction of sp³-hybridized carbons (Fsp3) is 0.111. The van der Waals surface area contributed by atoms with Gasteiger partial charge in [0, 0.05) is 7.05 Å². The van der Waals surface area contributed by atoms with Crippen LogP contribution in [0.5, 0.6) is 0 Å². The summed E-state index contributed by atoms with van der Waals surface area (Å²) >= 11 is 12.0. The largest absolute Gasteiger partial charge is 0.450 e. The highest BCUT2D eigenvalue weighted by Crippen LogP contribution is 2.38. The molecule has 25 heavy (non-hydrogen) atoms. The minimum atomic E-state index is -0.679. The molecule has 126 valence electrons. The van der Waals surface area contributed by atoms with Crippen molar-refractivity contribution >= 4 is 40.1 Å². The van der Waals surface area contributed by atoms with E-state index in [1.807, 2.05) is 0 Å². The maximum atomic E-state index is 13.5. The lowest BCUT2D eigenvalue weighted by atomic mass is 9.99. The van der Waals surface area contributed by atoms with Gasteiger partial charge in [-0.3, -0.25) is 9.59 Å². The fourth-order valence-corrected chi connectivity index (χ4v) is 3.44. The van der Waals surface area contributed by atoms with Gasteiger partial charge >= 0.3 is 0 Å². The zero-order valence-electron chi connectivity index (χ0n) is 12.8. The van der Waals surface area contributed by atoms with Crippen molar-refractivity contribution in [2.45, 2.75) is 6.04 Å². The Bertz CT molecular complexity index is 1110. The third-order valence-corrected chi connectivity index (χ3v) is 5.06. The van der Waals surface area contributed by atoms with Gasteiger partial charge in [-0.1, -0.05) is 29.3 Å². The molecular weight excluding hydrogens is 368 g/mol. The van der Waals surface area contributed by atoms with E-state index in [2.05, 4.69) is 0 Å². The molecule has 7 heteroatoms. The molecule has 4 nitrogen and oxygen atoms in total. The highest BCUT2D eigenvalue weighted by atomic mass is 35.5. The second kappa shape index (κ2) is 5.58. The zero-order valence-corrected chi connectivity index (χ0v) is 14.4. The van der Waals surface area contributed by atoms with E-state index in [4.69, 9.17) is 27.6 Å². The van der Waals surface area contributed by atoms with Gasteiger partial charge in [-0.2, -0.15) is 0 Å². The molecule has 0 saturated carbocycles. The van der Waals surface area contributed by atoms with Crippen molar-refractivity contribution in [3.8, 4) is 0 Å². The molecule has 0 spiro atoms. The molecule has 0 bridgehead atoms. The van der Waals surface area contributed by atoms with E-state index in [-0.39, 0.29) is 22.3 Å². The average molecular weight is 378 g/mol. The van der Waals surface area contributed by atoms with Crippen molar-refractivity contribution in [3.05, 3.63) is 79.4 Å². The van der Waals surface area contributed by atoms with Gasteiger partial charge in [0.15, 0.2) is 5.43 Å². The van der Waals surface area contributed by atoms with Crippen LogP contribution in [-0.4, -0.2) is 17.9 Å². The molecule has 0 N–H and O–H groups in total. The Morgan fingerprint density at radius 1 is 1.08 bits per heavy atom. The lowest BCUT2D eigenvalue weighted by molar-refractivity contribution is 0.0771. The molecule has 1 aliphatic heterocycles. The average Bonchev–Trinajstić information content (AvgIpc) is 2.83. The number of halogens is 3. The molecule has 1 unspecified atom stereocenters. The first-order valence-corrected chi connectivity index (χ1v) is 8.12. The van der Waals surface area contributed by atoms with E-state index in [1.54, 1.807) is 25.2 Å². The fourth-order valence-electron chi connectivity index (χ4n) is 3.13. The standard InChI is InChI=1S/C18H10Cl2FNO3/c1-22-15(8-2-4-11(19)12(20)6-8)14-16(23)10-7-9(21)3-5-13(10)25-17(14)18(22)24/h2-7,15H,1H3. The van der Waals surface area contributed by atoms with Crippen LogP contribution in [0.3, 0.4) is 0 Å². The lowest BCUT2D eigenvalue weighted by Crippen LogP contribution is -2.25. The molecule has 2 aromatic carbocycles. The Kier molecular flexibility index (Phi) is 3.60. The van der Waals surface area contributed by atoms with Crippen molar-refractivity contribution in [1.82, 2.24) is 4.90 Å². The molecule has 0 saturated heterocycles. The summed E-state index contributed by atoms with van der Waals surface area (Å²) in [5.74, 6) is -1.01. The van der Waals surface area contributed by atoms with Crippen LogP contribution >= 0.6 is 23.2 Å². The molecule has 2 heterocycles. The summed E-state index contributed by atoms with van der Waals surface area (Å²) in [4.78, 5) is 26.9. The number of carbonyl (C=O) groups is 1. The minimum Gasteiger partial charge on any atom is -0.450 e. The summed E-state index contributed by atoms with van der Waals surface area (Å²) in [6.07, 6.45) is 0. The summed E-state index contributed by atoms with van der Waals surface area (Å²) in [7, 11) is 1.57. The number of amides is 1. The zero-order chi connectivity index (χ0) is 17.9. The van der Waals surface area contributed by atoms with Crippen LogP contribution in [0, 0.1) is 5.82 Å². The van der Waals surface area contributed by atoms with Crippen LogP contribution in [-0.2, 0) is 0 Å². The lowest BCUT2D eigenvalue weighted by Gasteiger charge is -2.20. The van der Waals surface area contributed by atoms with Crippen molar-refractivity contribution < 1.29 is 13.6 Å². The number of carbonyl (C=O) groups excluding carboxylic acids is 1. The SMILES string of the molecule is CN1C(=O)c2oc3ccc(F)cc3c(=O)c2C1c1ccc(Cl)c(Cl)c1. The Morgan fingerprint density at radius 2 is 1.84 bits per heavy atom. The first-order chi connectivity index (χ1) is 11.9. The second-order valence-corrected chi connectivity index (χ2v) is 6.62. The van der Waals surface area contributed by atoms with Gasteiger partial charge in [-0.15, -0.1) is 0 Å². The topological polar surface area (TPSA) is 50.5 Å². The summed E-state index contributed by atoms with van der Waals surface area (Å²) in [6.45, 7) is 0. The van der Waals surface area contributed by atoms with Crippen LogP contribution < -0.4 is 5.43 Å². The van der Waals surface area contributed by atoms with Gasteiger partial charge in [0.1, 0.15) is 11.4 Å². The van der Waals surface area contributed by atoms with Gasteiger partial charge in [-0.05, 0) is 35.9 Å². The maximum absolute atomic E-state index is 13.5. The Labute approximate surface area is 151 Å². The number of hydrogen-bond donors (Lipinski definition) is 0. The van der Waals surface area contributed by atoms with E-state index >= 15 is 0 Å². The maximum Gasteiger partial charge on any atom is 0.290 e. The van der Waals surface area contributed by atoms with Crippen molar-refractivity contribution in [3.63, 3.8) is 0 Å². The Balaban J connectivity index is 2.03. The number of fused-ring (bicyclic) bond motifs is 2. The number of nitrogens with zero attached hydrogens (tertiary/aromatic N) is 1. The molecular formula is C18H10Cl2FNO3. The monoisotopic (exact) mass is 377 g/mol. The molecule has 1 aromatic heterocycles. The van der Waals surface area contributed by atoms with Gasteiger partial charge in [0.2, 0.25) is 5.76 Å². The van der Waals surface area contributed by atoms with E-state index < -0.39 is 23.2 Å². The van der Waals surface area contributed by atoms with Gasteiger partial charge in [-0.25, -0.2) is 4.39 Å². The number of benzene rings is 2. The quantitative estimate of drug-likeness (QED) is 0.630. The Hall–Kier alpha value is -2.37. The highest BCUT2D eigenvalue weighted by Gasteiger charge is 2.40. The first kappa shape index (κ1) is 16.1. The van der Waals surface area contributed by atoms with E-state index in [0.29, 0.717) is 15.6 Å². The molecule has 1 aliphatic rings. The summed E-state index contributed by atoms with van der Waals surface area (Å²) in [5, 5.41) is 0.766. The second-order valence-electron chi connectivity index (χ2n) is 5.81. The third-order valence-electron chi connectivity index (χ3n) is 4.32. The van der Waals surface area contributed by atoms with Gasteiger partial charge < -0.3 is 9.32 Å². The Morgan fingerprint density at radius 3 is 2.56 bits per heavy atom. The summed E-state index contributed by atoms with van der Waals surface area (Å²) < 4.78 is 19.2. The van der Waals surface area contributed by atoms with Crippen molar-refractivity contribution in [2.24, 2.45) is 0 Å². The smallest absolute Gasteiger partial charge is 0.290 e. The van der Waals surface area contributed by atoms with Crippen LogP contribution in [0.4, 0.5) is 4.39 Å². The van der Waals surface area contributed by atoms with Crippen LogP contribution in [0.1, 0.15) is 27.7 Å². The van der Waals surface area contributed by atoms with Crippen LogP contribution in [0.15, 0.2) is 45.6 Å². The molecule has 1 amide bonds. The van der Waals surface area contributed by atoms with E-state index in [1.165, 1.54) is 17.0 Å². The summed E-state index contributed by atoms with van der Waals surface area (Å²) in [6, 6.07) is 7.83.